The molecular formula is C21H15Cl2N5O2. The van der Waals surface area contributed by atoms with Crippen LogP contribution in [0, 0.1) is 25.2 Å². The topological polar surface area (TPSA) is 100 Å². The average Bonchev–Trinajstić information content (AvgIpc) is 2.71. The minimum absolute atomic E-state index is 0.105. The Kier molecular flexibility index (Phi) is 6.31. The lowest BCUT2D eigenvalue weighted by Crippen LogP contribution is -2.31. The first-order chi connectivity index (χ1) is 14.3. The number of carbonyl (C=O) groups is 1. The molecule has 0 atom stereocenters. The predicted molar refractivity (Wildman–Crippen MR) is 116 cm³/mol. The molecule has 1 amide bonds. The molecule has 150 valence electrons. The van der Waals surface area contributed by atoms with Gasteiger partial charge in [-0.3, -0.25) is 9.59 Å². The third-order valence-electron chi connectivity index (χ3n) is 4.29. The first-order valence-corrected chi connectivity index (χ1v) is 9.47. The van der Waals surface area contributed by atoms with Crippen LogP contribution in [0.5, 0.6) is 0 Å². The first kappa shape index (κ1) is 21.2. The average molecular weight is 440 g/mol. The second-order valence-corrected chi connectivity index (χ2v) is 7.21. The lowest BCUT2D eigenvalue weighted by atomic mass is 10.1. The van der Waals surface area contributed by atoms with E-state index >= 15 is 0 Å². The van der Waals surface area contributed by atoms with Crippen molar-refractivity contribution in [2.24, 2.45) is 5.10 Å². The van der Waals surface area contributed by atoms with Crippen molar-refractivity contribution in [3.63, 3.8) is 0 Å². The van der Waals surface area contributed by atoms with Crippen molar-refractivity contribution in [3.05, 3.63) is 90.8 Å². The Balaban J connectivity index is 1.99. The van der Waals surface area contributed by atoms with Crippen LogP contribution in [0.1, 0.15) is 32.7 Å². The highest BCUT2D eigenvalue weighted by Gasteiger charge is 2.20. The number of aryl methyl sites for hydroxylation is 1. The van der Waals surface area contributed by atoms with E-state index in [1.807, 2.05) is 13.0 Å². The molecule has 3 rings (SSSR count). The lowest BCUT2D eigenvalue weighted by molar-refractivity contribution is 0.0947. The number of rotatable bonds is 4. The number of aromatic nitrogens is 2. The fourth-order valence-corrected chi connectivity index (χ4v) is 3.02. The van der Waals surface area contributed by atoms with Gasteiger partial charge in [0.05, 0.1) is 11.9 Å². The summed E-state index contributed by atoms with van der Waals surface area (Å²) in [6.45, 7) is 3.30. The molecule has 30 heavy (non-hydrogen) atoms. The number of amides is 1. The summed E-state index contributed by atoms with van der Waals surface area (Å²) in [5, 5.41) is 18.4. The van der Waals surface area contributed by atoms with E-state index in [0.717, 1.165) is 10.2 Å². The van der Waals surface area contributed by atoms with Crippen molar-refractivity contribution >= 4 is 35.3 Å². The molecule has 0 aliphatic heterocycles. The molecule has 2 aromatic carbocycles. The van der Waals surface area contributed by atoms with Gasteiger partial charge in [-0.25, -0.2) is 5.43 Å². The van der Waals surface area contributed by atoms with Gasteiger partial charge in [-0.15, -0.1) is 0 Å². The van der Waals surface area contributed by atoms with Gasteiger partial charge in [0.25, 0.3) is 11.5 Å². The van der Waals surface area contributed by atoms with Gasteiger partial charge in [0, 0.05) is 15.6 Å². The summed E-state index contributed by atoms with van der Waals surface area (Å²) >= 11 is 12.1. The number of benzene rings is 2. The van der Waals surface area contributed by atoms with Crippen LogP contribution >= 0.6 is 23.2 Å². The molecule has 9 heteroatoms. The highest BCUT2D eigenvalue weighted by molar-refractivity contribution is 6.31. The molecule has 0 spiro atoms. The molecule has 0 unspecified atom stereocenters. The fourth-order valence-electron chi connectivity index (χ4n) is 2.65. The summed E-state index contributed by atoms with van der Waals surface area (Å²) in [7, 11) is 0. The van der Waals surface area contributed by atoms with E-state index in [-0.39, 0.29) is 16.8 Å². The van der Waals surface area contributed by atoms with Gasteiger partial charge in [0.15, 0.2) is 5.69 Å². The number of nitrogens with one attached hydrogen (secondary N) is 1. The molecule has 7 nitrogen and oxygen atoms in total. The molecule has 0 aliphatic rings. The zero-order valence-corrected chi connectivity index (χ0v) is 17.5. The fraction of sp³-hybridized carbons (Fsp3) is 0.0952. The molecular weight excluding hydrogens is 425 g/mol. The number of hydrogen-bond donors (Lipinski definition) is 1. The zero-order chi connectivity index (χ0) is 21.8. The van der Waals surface area contributed by atoms with Crippen LogP contribution in [0.2, 0.25) is 10.0 Å². The van der Waals surface area contributed by atoms with Gasteiger partial charge in [0.1, 0.15) is 11.6 Å². The third-order valence-corrected chi connectivity index (χ3v) is 4.93. The number of hydrogen-bond acceptors (Lipinski definition) is 5. The van der Waals surface area contributed by atoms with Gasteiger partial charge in [0.2, 0.25) is 0 Å². The van der Waals surface area contributed by atoms with Gasteiger partial charge in [-0.1, -0.05) is 41.4 Å². The predicted octanol–water partition coefficient (Wildman–Crippen LogP) is 3.79. The summed E-state index contributed by atoms with van der Waals surface area (Å²) in [6, 6.07) is 13.6. The Labute approximate surface area is 182 Å². The van der Waals surface area contributed by atoms with E-state index < -0.39 is 11.5 Å². The van der Waals surface area contributed by atoms with Crippen LogP contribution in [-0.4, -0.2) is 21.9 Å². The summed E-state index contributed by atoms with van der Waals surface area (Å²) in [6.07, 6.45) is 1.42. The van der Waals surface area contributed by atoms with Crippen molar-refractivity contribution in [2.75, 3.05) is 0 Å². The molecule has 0 saturated carbocycles. The monoisotopic (exact) mass is 439 g/mol. The Morgan fingerprint density at radius 1 is 1.23 bits per heavy atom. The molecule has 1 N–H and O–H groups in total. The van der Waals surface area contributed by atoms with Gasteiger partial charge in [-0.2, -0.15) is 20.1 Å². The minimum Gasteiger partial charge on any atom is -0.266 e. The summed E-state index contributed by atoms with van der Waals surface area (Å²) in [5.74, 6) is -0.672. The van der Waals surface area contributed by atoms with Crippen LogP contribution in [0.25, 0.3) is 5.69 Å². The van der Waals surface area contributed by atoms with Crippen LogP contribution in [-0.2, 0) is 0 Å². The van der Waals surface area contributed by atoms with E-state index in [9.17, 15) is 14.9 Å². The largest absolute Gasteiger partial charge is 0.292 e. The van der Waals surface area contributed by atoms with Crippen molar-refractivity contribution in [3.8, 4) is 11.8 Å². The summed E-state index contributed by atoms with van der Waals surface area (Å²) in [4.78, 5) is 25.3. The quantitative estimate of drug-likeness (QED) is 0.493. The number of carbonyl (C=O) groups excluding carboxylic acids is 1. The van der Waals surface area contributed by atoms with Gasteiger partial charge in [-0.05, 0) is 49.2 Å². The standard InChI is InChI=1S/C21H15Cl2N5O2/c1-12-6-7-16(9-18(12)23)28-21(30)17(10-24)13(2)19(27-28)20(29)26-25-11-14-4-3-5-15(22)8-14/h3-9,11H,1-2H3,(H,26,29)/b25-11+. The Hall–Kier alpha value is -3.47. The van der Waals surface area contributed by atoms with Gasteiger partial charge >= 0.3 is 0 Å². The second-order valence-electron chi connectivity index (χ2n) is 6.36. The Bertz CT molecular complexity index is 1280. The van der Waals surface area contributed by atoms with Crippen molar-refractivity contribution in [2.45, 2.75) is 13.8 Å². The zero-order valence-electron chi connectivity index (χ0n) is 16.0. The van der Waals surface area contributed by atoms with Crippen LogP contribution < -0.4 is 11.0 Å². The lowest BCUT2D eigenvalue weighted by Gasteiger charge is -2.11. The smallest absolute Gasteiger partial charge is 0.266 e. The maximum Gasteiger partial charge on any atom is 0.292 e. The van der Waals surface area contributed by atoms with E-state index in [2.05, 4.69) is 15.6 Å². The number of nitrogens with zero attached hydrogens (tertiary/aromatic N) is 4. The Morgan fingerprint density at radius 2 is 2.00 bits per heavy atom. The maximum absolute atomic E-state index is 12.7. The highest BCUT2D eigenvalue weighted by atomic mass is 35.5. The van der Waals surface area contributed by atoms with E-state index in [1.165, 1.54) is 13.1 Å². The maximum atomic E-state index is 12.7. The van der Waals surface area contributed by atoms with Crippen LogP contribution in [0.15, 0.2) is 52.4 Å². The number of halogens is 2. The van der Waals surface area contributed by atoms with Gasteiger partial charge < -0.3 is 0 Å². The number of hydrazone groups is 1. The number of nitriles is 1. The van der Waals surface area contributed by atoms with Crippen molar-refractivity contribution in [1.82, 2.24) is 15.2 Å². The van der Waals surface area contributed by atoms with Crippen LogP contribution in [0.4, 0.5) is 0 Å². The molecule has 0 fully saturated rings. The molecule has 1 heterocycles. The normalized spacial score (nSPS) is 10.8. The van der Waals surface area contributed by atoms with E-state index in [0.29, 0.717) is 21.3 Å². The third kappa shape index (κ3) is 4.40. The second kappa shape index (κ2) is 8.91. The summed E-state index contributed by atoms with van der Waals surface area (Å²) < 4.78 is 0.979. The van der Waals surface area contributed by atoms with Crippen LogP contribution in [0.3, 0.4) is 0 Å². The molecule has 1 aromatic heterocycles. The highest BCUT2D eigenvalue weighted by Crippen LogP contribution is 2.19. The minimum atomic E-state index is -0.672. The van der Waals surface area contributed by atoms with Crippen molar-refractivity contribution < 1.29 is 4.79 Å². The SMILES string of the molecule is Cc1ccc(-n2nc(C(=O)N/N=C/c3cccc(Cl)c3)c(C)c(C#N)c2=O)cc1Cl. The molecule has 0 bridgehead atoms. The molecule has 0 aliphatic carbocycles. The van der Waals surface area contributed by atoms with E-state index in [4.69, 9.17) is 23.2 Å². The summed E-state index contributed by atoms with van der Waals surface area (Å²) in [5.41, 5.74) is 3.41. The first-order valence-electron chi connectivity index (χ1n) is 8.71. The molecule has 0 radical (unpaired) electrons. The van der Waals surface area contributed by atoms with Crippen molar-refractivity contribution in [1.29, 1.82) is 5.26 Å². The van der Waals surface area contributed by atoms with E-state index in [1.54, 1.807) is 42.5 Å². The molecule has 3 aromatic rings. The molecule has 0 saturated heterocycles. The Morgan fingerprint density at radius 3 is 2.67 bits per heavy atom.